The number of hydrogen-bond donors (Lipinski definition) is 2. The van der Waals surface area contributed by atoms with E-state index < -0.39 is 6.04 Å². The molecule has 2 aromatic carbocycles. The third-order valence-electron chi connectivity index (χ3n) is 4.56. The van der Waals surface area contributed by atoms with Gasteiger partial charge in [0.15, 0.2) is 0 Å². The minimum Gasteiger partial charge on any atom is -0.396 e. The molecular formula is C23H30N2O3. The second-order valence-corrected chi connectivity index (χ2v) is 6.83. The lowest BCUT2D eigenvalue weighted by Gasteiger charge is -2.31. The van der Waals surface area contributed by atoms with Gasteiger partial charge in [-0.1, -0.05) is 67.6 Å². The first-order valence-corrected chi connectivity index (χ1v) is 9.91. The van der Waals surface area contributed by atoms with Crippen molar-refractivity contribution < 1.29 is 14.7 Å². The van der Waals surface area contributed by atoms with Crippen molar-refractivity contribution in [2.75, 3.05) is 13.2 Å². The quantitative estimate of drug-likeness (QED) is 0.587. The smallest absolute Gasteiger partial charge is 0.243 e. The second kappa shape index (κ2) is 11.9. The number of benzene rings is 2. The molecule has 5 nitrogen and oxygen atoms in total. The summed E-state index contributed by atoms with van der Waals surface area (Å²) in [4.78, 5) is 27.6. The van der Waals surface area contributed by atoms with Crippen molar-refractivity contribution in [3.8, 4) is 0 Å². The van der Waals surface area contributed by atoms with Gasteiger partial charge in [0.25, 0.3) is 0 Å². The Labute approximate surface area is 167 Å². The zero-order valence-corrected chi connectivity index (χ0v) is 16.5. The topological polar surface area (TPSA) is 69.6 Å². The van der Waals surface area contributed by atoms with Crippen LogP contribution >= 0.6 is 0 Å². The molecule has 0 spiro atoms. The number of nitrogens with one attached hydrogen (secondary N) is 1. The fraction of sp³-hybridized carbons (Fsp3) is 0.391. The van der Waals surface area contributed by atoms with Crippen LogP contribution in [-0.4, -0.2) is 41.0 Å². The van der Waals surface area contributed by atoms with E-state index in [2.05, 4.69) is 5.32 Å². The van der Waals surface area contributed by atoms with Crippen LogP contribution in [0, 0.1) is 0 Å². The van der Waals surface area contributed by atoms with Crippen molar-refractivity contribution in [1.29, 1.82) is 0 Å². The van der Waals surface area contributed by atoms with Crippen LogP contribution in [0.15, 0.2) is 60.7 Å². The number of nitrogens with zero attached hydrogens (tertiary/aromatic N) is 1. The maximum Gasteiger partial charge on any atom is 0.243 e. The van der Waals surface area contributed by atoms with E-state index >= 15 is 0 Å². The highest BCUT2D eigenvalue weighted by molar-refractivity contribution is 5.88. The lowest BCUT2D eigenvalue weighted by atomic mass is 10.0. The van der Waals surface area contributed by atoms with Crippen molar-refractivity contribution in [1.82, 2.24) is 10.2 Å². The van der Waals surface area contributed by atoms with E-state index in [1.165, 1.54) is 0 Å². The number of rotatable bonds is 11. The lowest BCUT2D eigenvalue weighted by molar-refractivity contribution is -0.141. The fourth-order valence-electron chi connectivity index (χ4n) is 3.10. The Kier molecular flexibility index (Phi) is 9.22. The highest BCUT2D eigenvalue weighted by Gasteiger charge is 2.29. The maximum absolute atomic E-state index is 13.0. The molecule has 1 atom stereocenters. The molecule has 0 bridgehead atoms. The molecule has 0 heterocycles. The molecule has 0 aliphatic carbocycles. The third kappa shape index (κ3) is 6.82. The van der Waals surface area contributed by atoms with E-state index in [9.17, 15) is 9.59 Å². The molecule has 1 unspecified atom stereocenters. The predicted octanol–water partition coefficient (Wildman–Crippen LogP) is 2.93. The van der Waals surface area contributed by atoms with Crippen molar-refractivity contribution >= 4 is 11.8 Å². The molecule has 0 radical (unpaired) electrons. The van der Waals surface area contributed by atoms with E-state index in [1.807, 2.05) is 67.6 Å². The number of hydrogen-bond acceptors (Lipinski definition) is 3. The molecule has 5 heteroatoms. The minimum atomic E-state index is -0.597. The van der Waals surface area contributed by atoms with E-state index in [4.69, 9.17) is 5.11 Å². The van der Waals surface area contributed by atoms with Crippen LogP contribution in [0.1, 0.15) is 37.3 Å². The van der Waals surface area contributed by atoms with Crippen molar-refractivity contribution in [3.05, 3.63) is 71.8 Å². The summed E-state index contributed by atoms with van der Waals surface area (Å²) >= 11 is 0. The molecule has 2 rings (SSSR count). The van der Waals surface area contributed by atoms with E-state index in [-0.39, 0.29) is 18.4 Å². The maximum atomic E-state index is 13.0. The molecule has 2 N–H and O–H groups in total. The SMILES string of the molecule is CCCC(=O)N(Cc1ccccc1)C(Cc1ccccc1)C(=O)NCCCO. The van der Waals surface area contributed by atoms with Gasteiger partial charge in [-0.3, -0.25) is 9.59 Å². The first-order chi connectivity index (χ1) is 13.7. The summed E-state index contributed by atoms with van der Waals surface area (Å²) < 4.78 is 0. The Hall–Kier alpha value is -2.66. The standard InChI is InChI=1S/C23H30N2O3/c1-2-10-22(27)25(18-20-13-7-4-8-14-20)21(23(28)24-15-9-16-26)17-19-11-5-3-6-12-19/h3-8,11-14,21,26H,2,9-10,15-18H2,1H3,(H,24,28). The minimum absolute atomic E-state index is 0.0200. The molecule has 0 aliphatic rings. The molecule has 150 valence electrons. The molecule has 0 fully saturated rings. The predicted molar refractivity (Wildman–Crippen MR) is 111 cm³/mol. The first-order valence-electron chi connectivity index (χ1n) is 9.91. The van der Waals surface area contributed by atoms with Crippen LogP contribution in [0.5, 0.6) is 0 Å². The average Bonchev–Trinajstić information content (AvgIpc) is 2.72. The summed E-state index contributed by atoms with van der Waals surface area (Å²) in [6.07, 6.45) is 2.08. The molecule has 0 aromatic heterocycles. The molecular weight excluding hydrogens is 352 g/mol. The Balaban J connectivity index is 2.28. The number of aliphatic hydroxyl groups is 1. The third-order valence-corrected chi connectivity index (χ3v) is 4.56. The largest absolute Gasteiger partial charge is 0.396 e. The summed E-state index contributed by atoms with van der Waals surface area (Å²) in [7, 11) is 0. The highest BCUT2D eigenvalue weighted by Crippen LogP contribution is 2.16. The van der Waals surface area contributed by atoms with E-state index in [0.29, 0.717) is 32.4 Å². The zero-order chi connectivity index (χ0) is 20.2. The molecule has 0 saturated heterocycles. The van der Waals surface area contributed by atoms with Crippen LogP contribution in [-0.2, 0) is 22.6 Å². The highest BCUT2D eigenvalue weighted by atomic mass is 16.3. The van der Waals surface area contributed by atoms with Gasteiger partial charge in [0.05, 0.1) is 0 Å². The van der Waals surface area contributed by atoms with Gasteiger partial charge < -0.3 is 15.3 Å². The van der Waals surface area contributed by atoms with Crippen molar-refractivity contribution in [2.24, 2.45) is 0 Å². The Morgan fingerprint density at radius 2 is 1.61 bits per heavy atom. The van der Waals surface area contributed by atoms with Crippen LogP contribution < -0.4 is 5.32 Å². The number of carbonyl (C=O) groups excluding carboxylic acids is 2. The monoisotopic (exact) mass is 382 g/mol. The van der Waals surface area contributed by atoms with Gasteiger partial charge in [0, 0.05) is 32.5 Å². The van der Waals surface area contributed by atoms with Crippen LogP contribution in [0.25, 0.3) is 0 Å². The lowest BCUT2D eigenvalue weighted by Crippen LogP contribution is -2.50. The molecule has 28 heavy (non-hydrogen) atoms. The van der Waals surface area contributed by atoms with Gasteiger partial charge in [0.2, 0.25) is 11.8 Å². The summed E-state index contributed by atoms with van der Waals surface area (Å²) in [5.41, 5.74) is 2.00. The van der Waals surface area contributed by atoms with Gasteiger partial charge in [-0.25, -0.2) is 0 Å². The molecule has 0 saturated carbocycles. The van der Waals surface area contributed by atoms with Gasteiger partial charge in [-0.15, -0.1) is 0 Å². The van der Waals surface area contributed by atoms with Crippen molar-refractivity contribution in [3.63, 3.8) is 0 Å². The van der Waals surface area contributed by atoms with Crippen LogP contribution in [0.3, 0.4) is 0 Å². The second-order valence-electron chi connectivity index (χ2n) is 6.83. The summed E-state index contributed by atoms with van der Waals surface area (Å²) in [5, 5.41) is 11.9. The number of aliphatic hydroxyl groups excluding tert-OH is 1. The Bertz CT molecular complexity index is 719. The fourth-order valence-corrected chi connectivity index (χ4v) is 3.10. The summed E-state index contributed by atoms with van der Waals surface area (Å²) in [6.45, 7) is 2.77. The van der Waals surface area contributed by atoms with E-state index in [0.717, 1.165) is 17.5 Å². The average molecular weight is 383 g/mol. The number of carbonyl (C=O) groups is 2. The van der Waals surface area contributed by atoms with Gasteiger partial charge in [-0.2, -0.15) is 0 Å². The van der Waals surface area contributed by atoms with Crippen LogP contribution in [0.4, 0.5) is 0 Å². The van der Waals surface area contributed by atoms with Crippen LogP contribution in [0.2, 0.25) is 0 Å². The Morgan fingerprint density at radius 3 is 2.18 bits per heavy atom. The number of amides is 2. The van der Waals surface area contributed by atoms with Crippen molar-refractivity contribution in [2.45, 2.75) is 45.2 Å². The van der Waals surface area contributed by atoms with Gasteiger partial charge >= 0.3 is 0 Å². The summed E-state index contributed by atoms with van der Waals surface area (Å²) in [5.74, 6) is -0.206. The molecule has 2 aromatic rings. The first kappa shape index (κ1) is 21.6. The van der Waals surface area contributed by atoms with E-state index in [1.54, 1.807) is 4.90 Å². The normalized spacial score (nSPS) is 11.6. The molecule has 2 amide bonds. The summed E-state index contributed by atoms with van der Waals surface area (Å²) in [6, 6.07) is 18.9. The zero-order valence-electron chi connectivity index (χ0n) is 16.5. The van der Waals surface area contributed by atoms with Gasteiger partial charge in [-0.05, 0) is 24.0 Å². The Morgan fingerprint density at radius 1 is 1.00 bits per heavy atom. The van der Waals surface area contributed by atoms with Gasteiger partial charge in [0.1, 0.15) is 6.04 Å². The molecule has 0 aliphatic heterocycles.